The summed E-state index contributed by atoms with van der Waals surface area (Å²) in [6, 6.07) is -1.55. The summed E-state index contributed by atoms with van der Waals surface area (Å²) in [6.07, 6.45) is 0. The van der Waals surface area contributed by atoms with Crippen molar-refractivity contribution < 1.29 is 19.2 Å². The van der Waals surface area contributed by atoms with Crippen molar-refractivity contribution in [3.05, 3.63) is 0 Å². The Labute approximate surface area is 81.3 Å². The Morgan fingerprint density at radius 3 is 1.93 bits per heavy atom. The molecule has 74 valence electrons. The fourth-order valence-corrected chi connectivity index (χ4v) is 1.78. The molecule has 2 heterocycles. The molecule has 2 aliphatic rings. The molecule has 0 aromatic heterocycles. The number of hydrogen-bond donors (Lipinski definition) is 4. The summed E-state index contributed by atoms with van der Waals surface area (Å²) < 4.78 is 2.19. The van der Waals surface area contributed by atoms with Crippen molar-refractivity contribution in [3.63, 3.8) is 0 Å². The molecule has 0 bridgehead atoms. The van der Waals surface area contributed by atoms with Crippen LogP contribution >= 0.6 is 11.9 Å². The van der Waals surface area contributed by atoms with Gasteiger partial charge < -0.3 is 5.32 Å². The van der Waals surface area contributed by atoms with E-state index in [9.17, 15) is 19.2 Å². The molecule has 1 spiro atoms. The lowest BCUT2D eigenvalue weighted by atomic mass is 10.2. The lowest BCUT2D eigenvalue weighted by Crippen LogP contribution is -2.69. The van der Waals surface area contributed by atoms with E-state index in [4.69, 9.17) is 0 Å². The Morgan fingerprint density at radius 2 is 1.50 bits per heavy atom. The third-order valence-corrected chi connectivity index (χ3v) is 2.75. The highest BCUT2D eigenvalue weighted by Crippen LogP contribution is 2.26. The van der Waals surface area contributed by atoms with Crippen molar-refractivity contribution in [2.75, 3.05) is 0 Å². The summed E-state index contributed by atoms with van der Waals surface area (Å²) in [7, 11) is 0. The van der Waals surface area contributed by atoms with Gasteiger partial charge in [0.15, 0.2) is 0 Å². The smallest absolute Gasteiger partial charge is 0.305 e. The van der Waals surface area contributed by atoms with Crippen LogP contribution in [0.3, 0.4) is 0 Å². The predicted molar refractivity (Wildman–Crippen MR) is 43.7 cm³/mol. The Kier molecular flexibility index (Phi) is 1.64. The van der Waals surface area contributed by atoms with Gasteiger partial charge in [0.25, 0.3) is 16.7 Å². The second kappa shape index (κ2) is 2.61. The van der Waals surface area contributed by atoms with Crippen LogP contribution in [0.4, 0.5) is 9.59 Å². The molecule has 9 heteroatoms. The Bertz CT molecular complexity index is 347. The average Bonchev–Trinajstić information content (AvgIpc) is 2.46. The number of urea groups is 2. The van der Waals surface area contributed by atoms with Gasteiger partial charge in [-0.15, -0.1) is 0 Å². The highest BCUT2D eigenvalue weighted by Gasteiger charge is 2.56. The van der Waals surface area contributed by atoms with Gasteiger partial charge in [-0.3, -0.25) is 24.9 Å². The van der Waals surface area contributed by atoms with Gasteiger partial charge >= 0.3 is 12.1 Å². The van der Waals surface area contributed by atoms with Crippen LogP contribution in [0.1, 0.15) is 0 Å². The van der Waals surface area contributed by atoms with Crippen molar-refractivity contribution in [1.82, 2.24) is 20.7 Å². The van der Waals surface area contributed by atoms with E-state index in [-0.39, 0.29) is 0 Å². The Balaban J connectivity index is 2.34. The van der Waals surface area contributed by atoms with E-state index in [1.165, 1.54) is 0 Å². The normalized spacial score (nSPS) is 24.0. The van der Waals surface area contributed by atoms with Gasteiger partial charge in [-0.05, 0) is 0 Å². The number of nitrogens with one attached hydrogen (secondary N) is 4. The highest BCUT2D eigenvalue weighted by molar-refractivity contribution is 8.01. The number of imide groups is 2. The zero-order valence-corrected chi connectivity index (χ0v) is 7.36. The largest absolute Gasteiger partial charge is 0.328 e. The second-order valence-electron chi connectivity index (χ2n) is 2.58. The fraction of sp³-hybridized carbons (Fsp3) is 0.200. The molecule has 0 aliphatic carbocycles. The summed E-state index contributed by atoms with van der Waals surface area (Å²) in [6.45, 7) is 0. The SMILES string of the molecule is O=C1NC(=O)C2(NC(=O)NS2)C(=O)N1. The van der Waals surface area contributed by atoms with Crippen LogP contribution in [-0.4, -0.2) is 28.7 Å². The topological polar surface area (TPSA) is 116 Å². The number of carbonyl (C=O) groups is 4. The average molecular weight is 216 g/mol. The van der Waals surface area contributed by atoms with E-state index in [0.717, 1.165) is 0 Å². The number of carbonyl (C=O) groups excluding carboxylic acids is 4. The third-order valence-electron chi connectivity index (χ3n) is 1.68. The van der Waals surface area contributed by atoms with E-state index in [1.807, 2.05) is 10.6 Å². The quantitative estimate of drug-likeness (QED) is 0.276. The highest BCUT2D eigenvalue weighted by atomic mass is 32.2. The minimum absolute atomic E-state index is 0.605. The van der Waals surface area contributed by atoms with Crippen molar-refractivity contribution in [2.24, 2.45) is 0 Å². The maximum Gasteiger partial charge on any atom is 0.328 e. The van der Waals surface area contributed by atoms with Crippen molar-refractivity contribution in [3.8, 4) is 0 Å². The van der Waals surface area contributed by atoms with E-state index >= 15 is 0 Å². The molecule has 2 saturated heterocycles. The van der Waals surface area contributed by atoms with Crippen molar-refractivity contribution in [2.45, 2.75) is 4.87 Å². The van der Waals surface area contributed by atoms with Gasteiger partial charge in [-0.25, -0.2) is 9.59 Å². The molecule has 0 saturated carbocycles. The first kappa shape index (κ1) is 8.81. The van der Waals surface area contributed by atoms with Crippen LogP contribution in [0, 0.1) is 0 Å². The molecule has 2 fully saturated rings. The van der Waals surface area contributed by atoms with Gasteiger partial charge in [0.2, 0.25) is 0 Å². The Morgan fingerprint density at radius 1 is 0.929 bits per heavy atom. The number of rotatable bonds is 0. The molecule has 0 aromatic carbocycles. The first-order valence-electron chi connectivity index (χ1n) is 3.47. The van der Waals surface area contributed by atoms with Gasteiger partial charge in [0.1, 0.15) is 0 Å². The molecule has 2 aliphatic heterocycles. The van der Waals surface area contributed by atoms with Crippen LogP contribution in [0.2, 0.25) is 0 Å². The summed E-state index contributed by atoms with van der Waals surface area (Å²) in [5, 5.41) is 5.88. The molecule has 0 radical (unpaired) electrons. The van der Waals surface area contributed by atoms with Crippen LogP contribution in [0.15, 0.2) is 0 Å². The van der Waals surface area contributed by atoms with Crippen LogP contribution in [0.25, 0.3) is 0 Å². The maximum absolute atomic E-state index is 11.3. The van der Waals surface area contributed by atoms with Gasteiger partial charge in [-0.2, -0.15) is 0 Å². The monoisotopic (exact) mass is 216 g/mol. The standard InChI is InChI=1S/C5H4N4O4S/c10-1-5(8-4(13)9-14-5)2(11)7-3(12)6-1/h(H2,8,9,13)(H2,6,7,10,11,12). The zero-order valence-electron chi connectivity index (χ0n) is 6.54. The molecule has 6 amide bonds. The summed E-state index contributed by atoms with van der Waals surface area (Å²) >= 11 is 0.605. The van der Waals surface area contributed by atoms with Gasteiger partial charge in [0, 0.05) is 11.9 Å². The number of amides is 6. The minimum Gasteiger partial charge on any atom is -0.305 e. The zero-order chi connectivity index (χ0) is 10.3. The van der Waals surface area contributed by atoms with E-state index in [0.29, 0.717) is 11.9 Å². The Hall–Kier alpha value is -1.77. The van der Waals surface area contributed by atoms with Gasteiger partial charge in [0.05, 0.1) is 0 Å². The molecule has 2 rings (SSSR count). The fourth-order valence-electron chi connectivity index (χ4n) is 1.06. The maximum atomic E-state index is 11.3. The molecule has 8 nitrogen and oxygen atoms in total. The van der Waals surface area contributed by atoms with E-state index in [1.54, 1.807) is 0 Å². The molecular weight excluding hydrogens is 212 g/mol. The number of hydrogen-bond acceptors (Lipinski definition) is 5. The van der Waals surface area contributed by atoms with Crippen LogP contribution in [-0.2, 0) is 9.59 Å². The molecule has 4 N–H and O–H groups in total. The van der Waals surface area contributed by atoms with Gasteiger partial charge in [-0.1, -0.05) is 0 Å². The van der Waals surface area contributed by atoms with Crippen molar-refractivity contribution in [1.29, 1.82) is 0 Å². The molecule has 14 heavy (non-hydrogen) atoms. The number of barbiturate groups is 1. The second-order valence-corrected chi connectivity index (χ2v) is 3.60. The lowest BCUT2D eigenvalue weighted by Gasteiger charge is -2.27. The first-order valence-corrected chi connectivity index (χ1v) is 4.29. The predicted octanol–water partition coefficient (Wildman–Crippen LogP) is -1.99. The van der Waals surface area contributed by atoms with Crippen LogP contribution < -0.4 is 20.7 Å². The minimum atomic E-state index is -1.77. The molecular formula is C5H4N4O4S. The summed E-state index contributed by atoms with van der Waals surface area (Å²) in [5.41, 5.74) is 0. The van der Waals surface area contributed by atoms with E-state index < -0.39 is 28.7 Å². The van der Waals surface area contributed by atoms with E-state index in [2.05, 4.69) is 10.0 Å². The first-order chi connectivity index (χ1) is 6.54. The summed E-state index contributed by atoms with van der Waals surface area (Å²) in [4.78, 5) is 42.4. The molecule has 0 unspecified atom stereocenters. The summed E-state index contributed by atoms with van der Waals surface area (Å²) in [5.74, 6) is -1.73. The third kappa shape index (κ3) is 1.02. The van der Waals surface area contributed by atoms with Crippen molar-refractivity contribution >= 4 is 35.8 Å². The molecule has 0 aromatic rings. The lowest BCUT2D eigenvalue weighted by molar-refractivity contribution is -0.134. The molecule has 0 atom stereocenters. The van der Waals surface area contributed by atoms with Crippen LogP contribution in [0.5, 0.6) is 0 Å².